The number of aliphatic hydroxyl groups excluding tert-OH is 1. The van der Waals surface area contributed by atoms with E-state index < -0.39 is 6.10 Å². The fourth-order valence-corrected chi connectivity index (χ4v) is 1.96. The van der Waals surface area contributed by atoms with E-state index in [1.807, 2.05) is 60.7 Å². The molecule has 19 heavy (non-hydrogen) atoms. The molecule has 1 unspecified atom stereocenters. The zero-order valence-electron chi connectivity index (χ0n) is 11.2. The summed E-state index contributed by atoms with van der Waals surface area (Å²) in [4.78, 5) is 0. The van der Waals surface area contributed by atoms with Crippen molar-refractivity contribution in [3.8, 4) is 5.75 Å². The standard InChI is InChI=1S/C17H18O2/c1-13(18)17(12-14-6-4-3-5-7-14)15-8-10-16(19-2)11-9-15/h3-13,18H,1-2H3/b17-12-. The second kappa shape index (κ2) is 6.21. The minimum Gasteiger partial charge on any atom is -0.497 e. The first-order valence-electron chi connectivity index (χ1n) is 6.30. The predicted molar refractivity (Wildman–Crippen MR) is 79.0 cm³/mol. The highest BCUT2D eigenvalue weighted by molar-refractivity contribution is 5.83. The van der Waals surface area contributed by atoms with Crippen molar-refractivity contribution in [2.24, 2.45) is 0 Å². The van der Waals surface area contributed by atoms with E-state index in [-0.39, 0.29) is 0 Å². The average Bonchev–Trinajstić information content (AvgIpc) is 2.46. The van der Waals surface area contributed by atoms with Crippen molar-refractivity contribution in [2.75, 3.05) is 7.11 Å². The van der Waals surface area contributed by atoms with Gasteiger partial charge in [-0.3, -0.25) is 0 Å². The fraction of sp³-hybridized carbons (Fsp3) is 0.176. The molecule has 98 valence electrons. The molecule has 0 radical (unpaired) electrons. The van der Waals surface area contributed by atoms with Crippen LogP contribution in [0.2, 0.25) is 0 Å². The number of ether oxygens (including phenoxy) is 1. The van der Waals surface area contributed by atoms with E-state index in [9.17, 15) is 5.11 Å². The van der Waals surface area contributed by atoms with Crippen LogP contribution >= 0.6 is 0 Å². The topological polar surface area (TPSA) is 29.5 Å². The van der Waals surface area contributed by atoms with Gasteiger partial charge in [0.2, 0.25) is 0 Å². The lowest BCUT2D eigenvalue weighted by Gasteiger charge is -2.12. The van der Waals surface area contributed by atoms with E-state index in [1.54, 1.807) is 14.0 Å². The predicted octanol–water partition coefficient (Wildman–Crippen LogP) is 3.62. The van der Waals surface area contributed by atoms with E-state index in [2.05, 4.69) is 0 Å². The molecule has 0 spiro atoms. The van der Waals surface area contributed by atoms with Crippen LogP contribution in [-0.4, -0.2) is 18.3 Å². The number of methoxy groups -OCH3 is 1. The molecule has 0 bridgehead atoms. The summed E-state index contributed by atoms with van der Waals surface area (Å²) in [6.45, 7) is 1.78. The highest BCUT2D eigenvalue weighted by Crippen LogP contribution is 2.24. The first-order chi connectivity index (χ1) is 9.20. The summed E-state index contributed by atoms with van der Waals surface area (Å²) in [5.41, 5.74) is 2.97. The molecule has 0 aliphatic carbocycles. The quantitative estimate of drug-likeness (QED) is 0.844. The van der Waals surface area contributed by atoms with Gasteiger partial charge in [0.15, 0.2) is 0 Å². The van der Waals surface area contributed by atoms with E-state index >= 15 is 0 Å². The molecule has 0 aliphatic rings. The second-order valence-electron chi connectivity index (χ2n) is 4.41. The van der Waals surface area contributed by atoms with Crippen molar-refractivity contribution in [3.05, 3.63) is 65.7 Å². The minimum atomic E-state index is -0.520. The third-order valence-corrected chi connectivity index (χ3v) is 3.00. The Morgan fingerprint density at radius 3 is 2.21 bits per heavy atom. The summed E-state index contributed by atoms with van der Waals surface area (Å²) in [6, 6.07) is 17.7. The van der Waals surface area contributed by atoms with Gasteiger partial charge in [-0.2, -0.15) is 0 Å². The van der Waals surface area contributed by atoms with Gasteiger partial charge in [-0.15, -0.1) is 0 Å². The fourth-order valence-electron chi connectivity index (χ4n) is 1.96. The van der Waals surface area contributed by atoms with Gasteiger partial charge < -0.3 is 9.84 Å². The van der Waals surface area contributed by atoms with Crippen LogP contribution < -0.4 is 4.74 Å². The van der Waals surface area contributed by atoms with Crippen molar-refractivity contribution in [2.45, 2.75) is 13.0 Å². The molecule has 0 saturated heterocycles. The maximum Gasteiger partial charge on any atom is 0.118 e. The molecule has 1 atom stereocenters. The summed E-state index contributed by atoms with van der Waals surface area (Å²) in [6.07, 6.45) is 1.49. The largest absolute Gasteiger partial charge is 0.497 e. The Bertz CT molecular complexity index is 539. The van der Waals surface area contributed by atoms with Crippen LogP contribution in [0.3, 0.4) is 0 Å². The highest BCUT2D eigenvalue weighted by Gasteiger charge is 2.08. The van der Waals surface area contributed by atoms with Crippen LogP contribution in [-0.2, 0) is 0 Å². The molecule has 0 amide bonds. The van der Waals surface area contributed by atoms with Crippen LogP contribution in [0.15, 0.2) is 54.6 Å². The van der Waals surface area contributed by atoms with Gasteiger partial charge in [0.25, 0.3) is 0 Å². The number of benzene rings is 2. The molecular weight excluding hydrogens is 236 g/mol. The lowest BCUT2D eigenvalue weighted by molar-refractivity contribution is 0.254. The Kier molecular flexibility index (Phi) is 4.37. The molecule has 2 heteroatoms. The lowest BCUT2D eigenvalue weighted by Crippen LogP contribution is -2.03. The van der Waals surface area contributed by atoms with Crippen LogP contribution in [0.1, 0.15) is 18.1 Å². The van der Waals surface area contributed by atoms with E-state index in [0.29, 0.717) is 0 Å². The third-order valence-electron chi connectivity index (χ3n) is 3.00. The van der Waals surface area contributed by atoms with E-state index in [4.69, 9.17) is 4.74 Å². The van der Waals surface area contributed by atoms with Crippen LogP contribution in [0.5, 0.6) is 5.75 Å². The average molecular weight is 254 g/mol. The molecule has 0 saturated carbocycles. The SMILES string of the molecule is COc1ccc(/C(=C\c2ccccc2)C(C)O)cc1. The van der Waals surface area contributed by atoms with Crippen molar-refractivity contribution < 1.29 is 9.84 Å². The molecule has 0 fully saturated rings. The molecule has 0 aromatic heterocycles. The molecule has 2 rings (SSSR count). The van der Waals surface area contributed by atoms with Gasteiger partial charge >= 0.3 is 0 Å². The second-order valence-corrected chi connectivity index (χ2v) is 4.41. The molecular formula is C17H18O2. The molecule has 0 heterocycles. The Labute approximate surface area is 114 Å². The number of hydrogen-bond acceptors (Lipinski definition) is 2. The smallest absolute Gasteiger partial charge is 0.118 e. The lowest BCUT2D eigenvalue weighted by atomic mass is 9.98. The summed E-state index contributed by atoms with van der Waals surface area (Å²) in [7, 11) is 1.64. The van der Waals surface area contributed by atoms with E-state index in [1.165, 1.54) is 0 Å². The zero-order valence-corrected chi connectivity index (χ0v) is 11.2. The van der Waals surface area contributed by atoms with Crippen LogP contribution in [0.25, 0.3) is 11.6 Å². The monoisotopic (exact) mass is 254 g/mol. The van der Waals surface area contributed by atoms with Gasteiger partial charge in [0.05, 0.1) is 13.2 Å². The Balaban J connectivity index is 2.37. The van der Waals surface area contributed by atoms with Gasteiger partial charge in [-0.05, 0) is 41.8 Å². The van der Waals surface area contributed by atoms with Gasteiger partial charge in [-0.1, -0.05) is 42.5 Å². The van der Waals surface area contributed by atoms with Gasteiger partial charge in [-0.25, -0.2) is 0 Å². The van der Waals surface area contributed by atoms with Crippen molar-refractivity contribution in [3.63, 3.8) is 0 Å². The first-order valence-corrected chi connectivity index (χ1v) is 6.30. The summed E-state index contributed by atoms with van der Waals surface area (Å²) in [5.74, 6) is 0.813. The Morgan fingerprint density at radius 2 is 1.68 bits per heavy atom. The molecule has 2 aromatic carbocycles. The number of hydrogen-bond donors (Lipinski definition) is 1. The van der Waals surface area contributed by atoms with Crippen LogP contribution in [0, 0.1) is 0 Å². The summed E-state index contributed by atoms with van der Waals surface area (Å²) < 4.78 is 5.15. The molecule has 2 nitrogen and oxygen atoms in total. The van der Waals surface area contributed by atoms with Crippen molar-refractivity contribution >= 4 is 11.6 Å². The van der Waals surface area contributed by atoms with Crippen molar-refractivity contribution in [1.29, 1.82) is 0 Å². The van der Waals surface area contributed by atoms with E-state index in [0.717, 1.165) is 22.4 Å². The highest BCUT2D eigenvalue weighted by atomic mass is 16.5. The molecule has 1 N–H and O–H groups in total. The van der Waals surface area contributed by atoms with Gasteiger partial charge in [0.1, 0.15) is 5.75 Å². The van der Waals surface area contributed by atoms with Crippen molar-refractivity contribution in [1.82, 2.24) is 0 Å². The Morgan fingerprint density at radius 1 is 1.05 bits per heavy atom. The first kappa shape index (κ1) is 13.4. The molecule has 2 aromatic rings. The zero-order chi connectivity index (χ0) is 13.7. The normalized spacial score (nSPS) is 13.1. The maximum atomic E-state index is 9.95. The molecule has 0 aliphatic heterocycles. The van der Waals surface area contributed by atoms with Gasteiger partial charge in [0, 0.05) is 0 Å². The maximum absolute atomic E-state index is 9.95. The summed E-state index contributed by atoms with van der Waals surface area (Å²) in [5, 5.41) is 9.95. The number of aliphatic hydroxyl groups is 1. The minimum absolute atomic E-state index is 0.520. The summed E-state index contributed by atoms with van der Waals surface area (Å²) >= 11 is 0. The Hall–Kier alpha value is -2.06. The third kappa shape index (κ3) is 3.46. The van der Waals surface area contributed by atoms with Crippen LogP contribution in [0.4, 0.5) is 0 Å². The number of rotatable bonds is 4.